The van der Waals surface area contributed by atoms with E-state index in [1.54, 1.807) is 0 Å². The van der Waals surface area contributed by atoms with Crippen LogP contribution < -0.4 is 4.90 Å². The van der Waals surface area contributed by atoms with Crippen LogP contribution in [0.1, 0.15) is 23.6 Å². The average Bonchev–Trinajstić information content (AvgIpc) is 3.16. The summed E-state index contributed by atoms with van der Waals surface area (Å²) in [7, 11) is 0. The maximum absolute atomic E-state index is 12.6. The highest BCUT2D eigenvalue weighted by molar-refractivity contribution is 7.10. The number of para-hydroxylation sites is 1. The predicted molar refractivity (Wildman–Crippen MR) is 99.2 cm³/mol. The Labute approximate surface area is 151 Å². The molecule has 0 saturated carbocycles. The summed E-state index contributed by atoms with van der Waals surface area (Å²) in [6, 6.07) is 14.0. The summed E-state index contributed by atoms with van der Waals surface area (Å²) in [5.74, 6) is -1.05. The fourth-order valence-electron chi connectivity index (χ4n) is 3.20. The van der Waals surface area contributed by atoms with Gasteiger partial charge in [0.15, 0.2) is 0 Å². The number of hydrogen-bond donors (Lipinski definition) is 1. The Morgan fingerprint density at radius 2 is 1.72 bits per heavy atom. The van der Waals surface area contributed by atoms with Gasteiger partial charge in [0.05, 0.1) is 6.42 Å². The fraction of sp³-hybridized carbons (Fsp3) is 0.368. The fourth-order valence-corrected chi connectivity index (χ4v) is 4.03. The van der Waals surface area contributed by atoms with Crippen molar-refractivity contribution in [3.8, 4) is 0 Å². The lowest BCUT2D eigenvalue weighted by molar-refractivity contribution is -0.138. The molecule has 1 atom stereocenters. The summed E-state index contributed by atoms with van der Waals surface area (Å²) >= 11 is 1.52. The molecular weight excluding hydrogens is 336 g/mol. The Hall–Kier alpha value is -2.34. The normalized spacial score (nSPS) is 15.8. The van der Waals surface area contributed by atoms with Gasteiger partial charge in [0.25, 0.3) is 0 Å². The number of nitrogens with zero attached hydrogens (tertiary/aromatic N) is 2. The van der Waals surface area contributed by atoms with Crippen LogP contribution in [0.4, 0.5) is 5.69 Å². The van der Waals surface area contributed by atoms with Crippen LogP contribution in [0.25, 0.3) is 0 Å². The van der Waals surface area contributed by atoms with Gasteiger partial charge in [0.1, 0.15) is 0 Å². The number of thiophene rings is 1. The van der Waals surface area contributed by atoms with Crippen LogP contribution in [-0.2, 0) is 9.59 Å². The molecule has 1 aromatic heterocycles. The van der Waals surface area contributed by atoms with Crippen molar-refractivity contribution in [3.63, 3.8) is 0 Å². The standard InChI is InChI=1S/C19H22N2O3S/c22-18(13-15(14-19(23)24)17-7-4-12-25-17)21-10-8-20(9-11-21)16-5-2-1-3-6-16/h1-7,12,15H,8-11,13-14H2,(H,23,24)/t15-/m0/s1. The molecule has 132 valence electrons. The third-order valence-electron chi connectivity index (χ3n) is 4.54. The molecule has 1 N–H and O–H groups in total. The van der Waals surface area contributed by atoms with Crippen molar-refractivity contribution in [2.45, 2.75) is 18.8 Å². The minimum atomic E-state index is -0.861. The predicted octanol–water partition coefficient (Wildman–Crippen LogP) is 3.05. The van der Waals surface area contributed by atoms with Gasteiger partial charge >= 0.3 is 5.97 Å². The topological polar surface area (TPSA) is 60.9 Å². The number of piperazine rings is 1. The third-order valence-corrected chi connectivity index (χ3v) is 5.58. The lowest BCUT2D eigenvalue weighted by Gasteiger charge is -2.36. The van der Waals surface area contributed by atoms with E-state index in [0.717, 1.165) is 18.0 Å². The molecule has 2 aromatic rings. The molecule has 3 rings (SSSR count). The number of rotatable bonds is 6. The third kappa shape index (κ3) is 4.60. The van der Waals surface area contributed by atoms with Gasteiger partial charge in [-0.1, -0.05) is 24.3 Å². The van der Waals surface area contributed by atoms with Crippen LogP contribution in [0.5, 0.6) is 0 Å². The van der Waals surface area contributed by atoms with E-state index in [2.05, 4.69) is 17.0 Å². The van der Waals surface area contributed by atoms with Crippen LogP contribution in [0.15, 0.2) is 47.8 Å². The van der Waals surface area contributed by atoms with E-state index in [1.807, 2.05) is 40.6 Å². The van der Waals surface area contributed by atoms with E-state index in [0.29, 0.717) is 13.1 Å². The van der Waals surface area contributed by atoms with Gasteiger partial charge in [-0.2, -0.15) is 0 Å². The van der Waals surface area contributed by atoms with Gasteiger partial charge in [-0.05, 0) is 23.6 Å². The zero-order valence-corrected chi connectivity index (χ0v) is 14.8. The van der Waals surface area contributed by atoms with Gasteiger partial charge in [-0.25, -0.2) is 0 Å². The van der Waals surface area contributed by atoms with E-state index in [9.17, 15) is 9.59 Å². The number of amides is 1. The molecule has 1 aromatic carbocycles. The zero-order valence-electron chi connectivity index (χ0n) is 14.0. The molecule has 1 fully saturated rings. The van der Waals surface area contributed by atoms with E-state index >= 15 is 0 Å². The van der Waals surface area contributed by atoms with E-state index in [-0.39, 0.29) is 24.7 Å². The number of carbonyl (C=O) groups excluding carboxylic acids is 1. The summed E-state index contributed by atoms with van der Waals surface area (Å²) in [5.41, 5.74) is 1.18. The number of benzene rings is 1. The Kier molecular flexibility index (Phi) is 5.71. The number of carboxylic acid groups (broad SMARTS) is 1. The van der Waals surface area contributed by atoms with Crippen LogP contribution >= 0.6 is 11.3 Å². The first-order valence-corrected chi connectivity index (χ1v) is 9.34. The first-order chi connectivity index (χ1) is 12.1. The van der Waals surface area contributed by atoms with Crippen molar-refractivity contribution in [2.24, 2.45) is 0 Å². The van der Waals surface area contributed by atoms with E-state index in [4.69, 9.17) is 5.11 Å². The summed E-state index contributed by atoms with van der Waals surface area (Å²) < 4.78 is 0. The molecule has 0 bridgehead atoms. The second-order valence-electron chi connectivity index (χ2n) is 6.22. The smallest absolute Gasteiger partial charge is 0.304 e. The van der Waals surface area contributed by atoms with Crippen LogP contribution in [0, 0.1) is 0 Å². The van der Waals surface area contributed by atoms with Crippen molar-refractivity contribution < 1.29 is 14.7 Å². The molecule has 0 aliphatic carbocycles. The Morgan fingerprint density at radius 3 is 2.32 bits per heavy atom. The molecule has 2 heterocycles. The number of carbonyl (C=O) groups is 2. The largest absolute Gasteiger partial charge is 0.481 e. The zero-order chi connectivity index (χ0) is 17.6. The van der Waals surface area contributed by atoms with Gasteiger partial charge in [0.2, 0.25) is 5.91 Å². The second-order valence-corrected chi connectivity index (χ2v) is 7.20. The van der Waals surface area contributed by atoms with E-state index < -0.39 is 5.97 Å². The highest BCUT2D eigenvalue weighted by atomic mass is 32.1. The minimum absolute atomic E-state index is 0.00374. The number of carboxylic acids is 1. The van der Waals surface area contributed by atoms with Crippen molar-refractivity contribution in [2.75, 3.05) is 31.1 Å². The number of anilines is 1. The number of hydrogen-bond acceptors (Lipinski definition) is 4. The summed E-state index contributed by atoms with van der Waals surface area (Å²) in [4.78, 5) is 28.9. The molecule has 0 spiro atoms. The maximum Gasteiger partial charge on any atom is 0.304 e. The quantitative estimate of drug-likeness (QED) is 0.862. The minimum Gasteiger partial charge on any atom is -0.481 e. The summed E-state index contributed by atoms with van der Waals surface area (Å²) in [6.07, 6.45) is 0.258. The van der Waals surface area contributed by atoms with Crippen LogP contribution in [0.3, 0.4) is 0 Å². The molecule has 1 aliphatic rings. The molecule has 1 saturated heterocycles. The molecule has 0 unspecified atom stereocenters. The first-order valence-electron chi connectivity index (χ1n) is 8.46. The highest BCUT2D eigenvalue weighted by Crippen LogP contribution is 2.28. The van der Waals surface area contributed by atoms with Gasteiger partial charge in [-0.3, -0.25) is 9.59 Å². The highest BCUT2D eigenvalue weighted by Gasteiger charge is 2.26. The Balaban J connectivity index is 1.57. The monoisotopic (exact) mass is 358 g/mol. The molecule has 25 heavy (non-hydrogen) atoms. The lowest BCUT2D eigenvalue weighted by Crippen LogP contribution is -2.49. The first kappa shape index (κ1) is 17.5. The molecular formula is C19H22N2O3S. The SMILES string of the molecule is O=C(O)C[C@H](CC(=O)N1CCN(c2ccccc2)CC1)c1cccs1. The van der Waals surface area contributed by atoms with E-state index in [1.165, 1.54) is 17.0 Å². The Bertz CT molecular complexity index is 695. The van der Waals surface area contributed by atoms with Crippen molar-refractivity contribution in [1.82, 2.24) is 4.90 Å². The molecule has 5 nitrogen and oxygen atoms in total. The second kappa shape index (κ2) is 8.16. The van der Waals surface area contributed by atoms with Gasteiger partial charge < -0.3 is 14.9 Å². The summed E-state index contributed by atoms with van der Waals surface area (Å²) in [5, 5.41) is 11.1. The van der Waals surface area contributed by atoms with Gasteiger partial charge in [0, 0.05) is 49.1 Å². The van der Waals surface area contributed by atoms with Crippen molar-refractivity contribution in [3.05, 3.63) is 52.7 Å². The molecule has 0 radical (unpaired) electrons. The van der Waals surface area contributed by atoms with Crippen LogP contribution in [-0.4, -0.2) is 48.1 Å². The molecule has 1 aliphatic heterocycles. The van der Waals surface area contributed by atoms with Gasteiger partial charge in [-0.15, -0.1) is 11.3 Å². The van der Waals surface area contributed by atoms with Crippen molar-refractivity contribution in [1.29, 1.82) is 0 Å². The van der Waals surface area contributed by atoms with Crippen LogP contribution in [0.2, 0.25) is 0 Å². The molecule has 1 amide bonds. The maximum atomic E-state index is 12.6. The number of aliphatic carboxylic acids is 1. The van der Waals surface area contributed by atoms with Crippen molar-refractivity contribution >= 4 is 28.9 Å². The lowest BCUT2D eigenvalue weighted by atomic mass is 9.98. The average molecular weight is 358 g/mol. The Morgan fingerprint density at radius 1 is 1.00 bits per heavy atom. The molecule has 6 heteroatoms. The summed E-state index contributed by atoms with van der Waals surface area (Å²) in [6.45, 7) is 2.96.